The summed E-state index contributed by atoms with van der Waals surface area (Å²) in [6.07, 6.45) is 2.05. The average molecular weight is 304 g/mol. The van der Waals surface area contributed by atoms with Crippen molar-refractivity contribution in [3.05, 3.63) is 35.4 Å². The van der Waals surface area contributed by atoms with Crippen LogP contribution in [0.15, 0.2) is 24.3 Å². The van der Waals surface area contributed by atoms with Crippen molar-refractivity contribution in [1.82, 2.24) is 9.80 Å². The van der Waals surface area contributed by atoms with E-state index in [9.17, 15) is 9.59 Å². The third-order valence-corrected chi connectivity index (χ3v) is 5.10. The number of thioether (sulfide) groups is 1. The lowest BCUT2D eigenvalue weighted by molar-refractivity contribution is -0.138. The maximum Gasteiger partial charge on any atom is 0.242 e. The molecule has 5 heteroatoms. The number of amides is 2. The van der Waals surface area contributed by atoms with Gasteiger partial charge in [-0.1, -0.05) is 29.8 Å². The molecule has 1 aromatic rings. The summed E-state index contributed by atoms with van der Waals surface area (Å²) in [6.45, 7) is 3.10. The predicted molar refractivity (Wildman–Crippen MR) is 83.9 cm³/mol. The zero-order chi connectivity index (χ0) is 14.8. The van der Waals surface area contributed by atoms with Gasteiger partial charge in [0, 0.05) is 6.54 Å². The summed E-state index contributed by atoms with van der Waals surface area (Å²) in [4.78, 5) is 27.8. The van der Waals surface area contributed by atoms with Crippen molar-refractivity contribution in [2.45, 2.75) is 25.8 Å². The summed E-state index contributed by atoms with van der Waals surface area (Å²) in [5.41, 5.74) is 2.43. The molecule has 0 spiro atoms. The highest BCUT2D eigenvalue weighted by molar-refractivity contribution is 8.00. The fourth-order valence-electron chi connectivity index (χ4n) is 3.08. The van der Waals surface area contributed by atoms with Gasteiger partial charge in [0.1, 0.15) is 6.54 Å². The zero-order valence-electron chi connectivity index (χ0n) is 12.2. The van der Waals surface area contributed by atoms with Crippen molar-refractivity contribution in [1.29, 1.82) is 0 Å². The molecular weight excluding hydrogens is 284 g/mol. The van der Waals surface area contributed by atoms with E-state index in [4.69, 9.17) is 0 Å². The minimum Gasteiger partial charge on any atom is -0.334 e. The van der Waals surface area contributed by atoms with Crippen LogP contribution in [-0.4, -0.2) is 46.3 Å². The van der Waals surface area contributed by atoms with Crippen molar-refractivity contribution < 1.29 is 9.59 Å². The second kappa shape index (κ2) is 6.10. The monoisotopic (exact) mass is 304 g/mol. The summed E-state index contributed by atoms with van der Waals surface area (Å²) in [5.74, 6) is 1.32. The van der Waals surface area contributed by atoms with E-state index >= 15 is 0 Å². The molecule has 2 aliphatic rings. The molecule has 112 valence electrons. The van der Waals surface area contributed by atoms with Gasteiger partial charge in [-0.2, -0.15) is 0 Å². The first-order valence-corrected chi connectivity index (χ1v) is 8.52. The number of rotatable bonds is 3. The molecule has 1 unspecified atom stereocenters. The maximum absolute atomic E-state index is 12.5. The van der Waals surface area contributed by atoms with Crippen molar-refractivity contribution >= 4 is 23.6 Å². The van der Waals surface area contributed by atoms with Crippen LogP contribution in [-0.2, 0) is 9.59 Å². The van der Waals surface area contributed by atoms with E-state index in [-0.39, 0.29) is 24.4 Å². The SMILES string of the molecule is Cc1cccc(C2CCCN2C(=O)CN2CSCC2=O)c1. The summed E-state index contributed by atoms with van der Waals surface area (Å²) >= 11 is 1.58. The number of carbonyl (C=O) groups is 2. The Balaban J connectivity index is 1.71. The number of nitrogens with zero attached hydrogens (tertiary/aromatic N) is 2. The number of hydrogen-bond donors (Lipinski definition) is 0. The molecule has 2 amide bonds. The number of aryl methyl sites for hydroxylation is 1. The standard InChI is InChI=1S/C16H20N2O2S/c1-12-4-2-5-13(8-12)14-6-3-7-18(14)15(19)9-17-11-21-10-16(17)20/h2,4-5,8,14H,3,6-7,9-11H2,1H3. The van der Waals surface area contributed by atoms with Crippen LogP contribution in [0, 0.1) is 6.92 Å². The Labute approximate surface area is 129 Å². The molecule has 2 aliphatic heterocycles. The van der Waals surface area contributed by atoms with Gasteiger partial charge < -0.3 is 9.80 Å². The fraction of sp³-hybridized carbons (Fsp3) is 0.500. The van der Waals surface area contributed by atoms with Gasteiger partial charge in [-0.3, -0.25) is 9.59 Å². The minimum absolute atomic E-state index is 0.0786. The molecule has 0 N–H and O–H groups in total. The fourth-order valence-corrected chi connectivity index (χ4v) is 3.99. The van der Waals surface area contributed by atoms with Crippen molar-refractivity contribution in [3.63, 3.8) is 0 Å². The highest BCUT2D eigenvalue weighted by atomic mass is 32.2. The predicted octanol–water partition coefficient (Wildman–Crippen LogP) is 2.19. The summed E-state index contributed by atoms with van der Waals surface area (Å²) in [5, 5.41) is 0. The van der Waals surface area contributed by atoms with Crippen LogP contribution < -0.4 is 0 Å². The third-order valence-electron chi connectivity index (χ3n) is 4.15. The van der Waals surface area contributed by atoms with Gasteiger partial charge in [0.2, 0.25) is 11.8 Å². The van der Waals surface area contributed by atoms with Crippen molar-refractivity contribution in [2.75, 3.05) is 24.7 Å². The Morgan fingerprint density at radius 1 is 1.43 bits per heavy atom. The Kier molecular flexibility index (Phi) is 4.19. The lowest BCUT2D eigenvalue weighted by atomic mass is 10.0. The van der Waals surface area contributed by atoms with E-state index in [0.29, 0.717) is 11.6 Å². The molecule has 0 aromatic heterocycles. The Morgan fingerprint density at radius 3 is 3.00 bits per heavy atom. The molecule has 2 heterocycles. The lowest BCUT2D eigenvalue weighted by Gasteiger charge is -2.27. The number of benzene rings is 1. The van der Waals surface area contributed by atoms with E-state index in [1.165, 1.54) is 11.1 Å². The number of likely N-dealkylation sites (tertiary alicyclic amines) is 1. The van der Waals surface area contributed by atoms with Gasteiger partial charge in [-0.25, -0.2) is 0 Å². The van der Waals surface area contributed by atoms with Crippen LogP contribution in [0.4, 0.5) is 0 Å². The Morgan fingerprint density at radius 2 is 2.29 bits per heavy atom. The molecule has 1 atom stereocenters. The quantitative estimate of drug-likeness (QED) is 0.859. The van der Waals surface area contributed by atoms with Crippen LogP contribution in [0.3, 0.4) is 0 Å². The minimum atomic E-state index is 0.0786. The van der Waals surface area contributed by atoms with E-state index in [0.717, 1.165) is 19.4 Å². The lowest BCUT2D eigenvalue weighted by Crippen LogP contribution is -2.40. The molecule has 3 rings (SSSR count). The first kappa shape index (κ1) is 14.4. The second-order valence-corrected chi connectivity index (χ2v) is 6.68. The largest absolute Gasteiger partial charge is 0.334 e. The van der Waals surface area contributed by atoms with Gasteiger partial charge in [-0.15, -0.1) is 11.8 Å². The Hall–Kier alpha value is -1.49. The molecule has 0 bridgehead atoms. The van der Waals surface area contributed by atoms with E-state index in [1.54, 1.807) is 16.7 Å². The van der Waals surface area contributed by atoms with Gasteiger partial charge in [0.15, 0.2) is 0 Å². The van der Waals surface area contributed by atoms with E-state index in [2.05, 4.69) is 25.1 Å². The first-order valence-electron chi connectivity index (χ1n) is 7.37. The molecule has 0 saturated carbocycles. The molecular formula is C16H20N2O2S. The van der Waals surface area contributed by atoms with Crippen LogP contribution in [0.5, 0.6) is 0 Å². The molecule has 0 aliphatic carbocycles. The molecule has 2 saturated heterocycles. The van der Waals surface area contributed by atoms with Crippen LogP contribution in [0.25, 0.3) is 0 Å². The Bertz CT molecular complexity index is 561. The highest BCUT2D eigenvalue weighted by Crippen LogP contribution is 2.32. The summed E-state index contributed by atoms with van der Waals surface area (Å²) in [6, 6.07) is 8.55. The van der Waals surface area contributed by atoms with Crippen LogP contribution in [0.2, 0.25) is 0 Å². The number of hydrogen-bond acceptors (Lipinski definition) is 3. The second-order valence-electron chi connectivity index (χ2n) is 5.73. The maximum atomic E-state index is 12.5. The molecule has 21 heavy (non-hydrogen) atoms. The topological polar surface area (TPSA) is 40.6 Å². The van der Waals surface area contributed by atoms with Crippen molar-refractivity contribution in [2.24, 2.45) is 0 Å². The molecule has 4 nitrogen and oxygen atoms in total. The third kappa shape index (κ3) is 3.07. The summed E-state index contributed by atoms with van der Waals surface area (Å²) < 4.78 is 0. The van der Waals surface area contributed by atoms with Crippen LogP contribution >= 0.6 is 11.8 Å². The van der Waals surface area contributed by atoms with Gasteiger partial charge in [-0.05, 0) is 25.3 Å². The first-order chi connectivity index (χ1) is 10.1. The van der Waals surface area contributed by atoms with Gasteiger partial charge >= 0.3 is 0 Å². The zero-order valence-corrected chi connectivity index (χ0v) is 13.1. The van der Waals surface area contributed by atoms with E-state index < -0.39 is 0 Å². The summed E-state index contributed by atoms with van der Waals surface area (Å²) in [7, 11) is 0. The van der Waals surface area contributed by atoms with Gasteiger partial charge in [0.05, 0.1) is 17.7 Å². The normalized spacial score (nSPS) is 22.1. The van der Waals surface area contributed by atoms with E-state index in [1.807, 2.05) is 11.0 Å². The molecule has 0 radical (unpaired) electrons. The smallest absolute Gasteiger partial charge is 0.242 e. The molecule has 1 aromatic carbocycles. The van der Waals surface area contributed by atoms with Crippen molar-refractivity contribution in [3.8, 4) is 0 Å². The number of carbonyl (C=O) groups excluding carboxylic acids is 2. The molecule has 2 fully saturated rings. The van der Waals surface area contributed by atoms with Gasteiger partial charge in [0.25, 0.3) is 0 Å². The van der Waals surface area contributed by atoms with Crippen LogP contribution in [0.1, 0.15) is 30.0 Å². The highest BCUT2D eigenvalue weighted by Gasteiger charge is 2.32. The average Bonchev–Trinajstić information content (AvgIpc) is 3.08.